The Morgan fingerprint density at radius 2 is 1.94 bits per heavy atom. The summed E-state index contributed by atoms with van der Waals surface area (Å²) in [6.07, 6.45) is -4.45. The molecule has 7 nitrogen and oxygen atoms in total. The lowest BCUT2D eigenvalue weighted by Gasteiger charge is -2.17. The van der Waals surface area contributed by atoms with Crippen LogP contribution in [0.4, 0.5) is 24.5 Å². The summed E-state index contributed by atoms with van der Waals surface area (Å²) >= 11 is 0. The van der Waals surface area contributed by atoms with E-state index in [1.807, 2.05) is 0 Å². The van der Waals surface area contributed by atoms with Crippen LogP contribution in [0.2, 0.25) is 0 Å². The van der Waals surface area contributed by atoms with Crippen molar-refractivity contribution in [2.75, 3.05) is 16.8 Å². The molecule has 1 aliphatic rings. The topological polar surface area (TPSA) is 88.3 Å². The highest BCUT2D eigenvalue weighted by atomic mass is 19.4. The van der Waals surface area contributed by atoms with Gasteiger partial charge in [0.1, 0.15) is 0 Å². The maximum atomic E-state index is 12.7. The fraction of sp³-hybridized carbons (Fsp3) is 0.238. The van der Waals surface area contributed by atoms with Crippen molar-refractivity contribution in [1.82, 2.24) is 10.1 Å². The number of alkyl halides is 3. The molecule has 1 aliphatic heterocycles. The quantitative estimate of drug-likeness (QED) is 0.675. The molecule has 0 saturated carbocycles. The number of hydrogen-bond donors (Lipinski definition) is 1. The standard InChI is InChI=1S/C21H17F3N4O3/c1-12-25-19(27-31-12)13-3-2-4-17(9-13)28-11-14(10-18(28)29)20(30)26-16-7-5-15(6-8-16)21(22,23)24/h2-9,14H,10-11H2,1H3,(H,26,30)/t14-/m1/s1. The van der Waals surface area contributed by atoms with Crippen molar-refractivity contribution >= 4 is 23.2 Å². The molecule has 0 spiro atoms. The van der Waals surface area contributed by atoms with Crippen molar-refractivity contribution in [3.63, 3.8) is 0 Å². The van der Waals surface area contributed by atoms with E-state index in [-0.39, 0.29) is 24.6 Å². The highest BCUT2D eigenvalue weighted by Crippen LogP contribution is 2.31. The van der Waals surface area contributed by atoms with E-state index >= 15 is 0 Å². The summed E-state index contributed by atoms with van der Waals surface area (Å²) in [4.78, 5) is 30.7. The summed E-state index contributed by atoms with van der Waals surface area (Å²) in [5.41, 5.74) is 0.692. The maximum absolute atomic E-state index is 12.7. The smallest absolute Gasteiger partial charge is 0.339 e. The maximum Gasteiger partial charge on any atom is 0.416 e. The molecule has 31 heavy (non-hydrogen) atoms. The van der Waals surface area contributed by atoms with Gasteiger partial charge >= 0.3 is 6.18 Å². The van der Waals surface area contributed by atoms with Crippen LogP contribution in [0.25, 0.3) is 11.4 Å². The van der Waals surface area contributed by atoms with Crippen LogP contribution in [0.15, 0.2) is 53.1 Å². The van der Waals surface area contributed by atoms with Gasteiger partial charge in [0.05, 0.1) is 11.5 Å². The van der Waals surface area contributed by atoms with Gasteiger partial charge in [-0.3, -0.25) is 9.59 Å². The summed E-state index contributed by atoms with van der Waals surface area (Å²) in [6, 6.07) is 11.2. The Kier molecular flexibility index (Phi) is 5.22. The third-order valence-corrected chi connectivity index (χ3v) is 4.92. The van der Waals surface area contributed by atoms with Crippen molar-refractivity contribution in [3.8, 4) is 11.4 Å². The van der Waals surface area contributed by atoms with Gasteiger partial charge in [-0.05, 0) is 36.4 Å². The zero-order valence-electron chi connectivity index (χ0n) is 16.3. The van der Waals surface area contributed by atoms with Crippen LogP contribution in [0.1, 0.15) is 17.9 Å². The minimum Gasteiger partial charge on any atom is -0.339 e. The second-order valence-corrected chi connectivity index (χ2v) is 7.16. The highest BCUT2D eigenvalue weighted by Gasteiger charge is 2.35. The van der Waals surface area contributed by atoms with Gasteiger partial charge in [0.15, 0.2) is 0 Å². The molecule has 3 aromatic rings. The molecule has 1 saturated heterocycles. The summed E-state index contributed by atoms with van der Waals surface area (Å²) in [5, 5.41) is 6.44. The van der Waals surface area contributed by atoms with E-state index < -0.39 is 23.6 Å². The largest absolute Gasteiger partial charge is 0.416 e. The van der Waals surface area contributed by atoms with Crippen molar-refractivity contribution in [3.05, 3.63) is 60.0 Å². The number of aromatic nitrogens is 2. The number of hydrogen-bond acceptors (Lipinski definition) is 5. The lowest BCUT2D eigenvalue weighted by Crippen LogP contribution is -2.28. The van der Waals surface area contributed by atoms with E-state index in [2.05, 4.69) is 15.5 Å². The Balaban J connectivity index is 1.45. The molecule has 1 N–H and O–H groups in total. The molecule has 4 rings (SSSR count). The summed E-state index contributed by atoms with van der Waals surface area (Å²) in [5.74, 6) is -0.485. The number of nitrogens with zero attached hydrogens (tertiary/aromatic N) is 3. The Labute approximate surface area is 174 Å². The molecule has 2 amide bonds. The number of benzene rings is 2. The lowest BCUT2D eigenvalue weighted by molar-refractivity contribution is -0.137. The Morgan fingerprint density at radius 1 is 1.19 bits per heavy atom. The highest BCUT2D eigenvalue weighted by molar-refractivity contribution is 6.03. The average molecular weight is 430 g/mol. The molecule has 0 radical (unpaired) electrons. The van der Waals surface area contributed by atoms with E-state index in [0.29, 0.717) is 23.0 Å². The van der Waals surface area contributed by atoms with E-state index in [4.69, 9.17) is 4.52 Å². The molecule has 1 fully saturated rings. The normalized spacial score (nSPS) is 16.6. The number of amides is 2. The molecule has 2 aromatic carbocycles. The molecule has 0 bridgehead atoms. The van der Waals surface area contributed by atoms with E-state index in [1.165, 1.54) is 17.0 Å². The Hall–Kier alpha value is -3.69. The Bertz CT molecular complexity index is 1130. The summed E-state index contributed by atoms with van der Waals surface area (Å²) in [7, 11) is 0. The molecule has 2 heterocycles. The number of halogens is 3. The van der Waals surface area contributed by atoms with E-state index in [0.717, 1.165) is 12.1 Å². The third-order valence-electron chi connectivity index (χ3n) is 4.92. The third kappa shape index (κ3) is 4.42. The van der Waals surface area contributed by atoms with Gasteiger partial charge in [0.2, 0.25) is 23.5 Å². The summed E-state index contributed by atoms with van der Waals surface area (Å²) in [6.45, 7) is 1.82. The van der Waals surface area contributed by atoms with Crippen LogP contribution in [-0.2, 0) is 15.8 Å². The van der Waals surface area contributed by atoms with Gasteiger partial charge in [-0.25, -0.2) is 0 Å². The zero-order valence-corrected chi connectivity index (χ0v) is 16.3. The molecule has 0 unspecified atom stereocenters. The number of aryl methyl sites for hydroxylation is 1. The molecular weight excluding hydrogens is 413 g/mol. The predicted octanol–water partition coefficient (Wildman–Crippen LogP) is 4.06. The van der Waals surface area contributed by atoms with Crippen molar-refractivity contribution in [2.45, 2.75) is 19.5 Å². The van der Waals surface area contributed by atoms with Crippen molar-refractivity contribution < 1.29 is 27.3 Å². The van der Waals surface area contributed by atoms with Crippen LogP contribution in [0.3, 0.4) is 0 Å². The molecule has 1 aromatic heterocycles. The van der Waals surface area contributed by atoms with E-state index in [9.17, 15) is 22.8 Å². The van der Waals surface area contributed by atoms with Gasteiger partial charge in [0.25, 0.3) is 0 Å². The average Bonchev–Trinajstić information content (AvgIpc) is 3.34. The summed E-state index contributed by atoms with van der Waals surface area (Å²) < 4.78 is 43.0. The van der Waals surface area contributed by atoms with Crippen molar-refractivity contribution in [1.29, 1.82) is 0 Å². The number of carbonyl (C=O) groups is 2. The van der Waals surface area contributed by atoms with Crippen LogP contribution >= 0.6 is 0 Å². The SMILES string of the molecule is Cc1nc(-c2cccc(N3C[C@H](C(=O)Nc4ccc(C(F)(F)F)cc4)CC3=O)c2)no1. The van der Waals surface area contributed by atoms with Gasteiger partial charge < -0.3 is 14.7 Å². The number of rotatable bonds is 4. The van der Waals surface area contributed by atoms with E-state index in [1.54, 1.807) is 31.2 Å². The molecular formula is C21H17F3N4O3. The van der Waals surface area contributed by atoms with Crippen LogP contribution in [0, 0.1) is 12.8 Å². The first kappa shape index (κ1) is 20.6. The van der Waals surface area contributed by atoms with Gasteiger partial charge in [-0.15, -0.1) is 0 Å². The minimum atomic E-state index is -4.45. The number of carbonyl (C=O) groups excluding carboxylic acids is 2. The van der Waals surface area contributed by atoms with Crippen molar-refractivity contribution in [2.24, 2.45) is 5.92 Å². The molecule has 1 atom stereocenters. The second-order valence-electron chi connectivity index (χ2n) is 7.16. The van der Waals surface area contributed by atoms with Gasteiger partial charge in [0, 0.05) is 36.8 Å². The fourth-order valence-electron chi connectivity index (χ4n) is 3.35. The molecule has 160 valence electrons. The van der Waals surface area contributed by atoms with Crippen LogP contribution < -0.4 is 10.2 Å². The Morgan fingerprint density at radius 3 is 2.58 bits per heavy atom. The number of anilines is 2. The number of nitrogens with one attached hydrogen (secondary N) is 1. The second kappa shape index (κ2) is 7.86. The first-order chi connectivity index (χ1) is 14.7. The van der Waals surface area contributed by atoms with Crippen LogP contribution in [0.5, 0.6) is 0 Å². The molecule has 10 heteroatoms. The van der Waals surface area contributed by atoms with Crippen LogP contribution in [-0.4, -0.2) is 28.5 Å². The first-order valence-corrected chi connectivity index (χ1v) is 9.40. The fourth-order valence-corrected chi connectivity index (χ4v) is 3.35. The van der Waals surface area contributed by atoms with Gasteiger partial charge in [-0.1, -0.05) is 17.3 Å². The molecule has 0 aliphatic carbocycles. The predicted molar refractivity (Wildman–Crippen MR) is 105 cm³/mol. The first-order valence-electron chi connectivity index (χ1n) is 9.40. The van der Waals surface area contributed by atoms with Gasteiger partial charge in [-0.2, -0.15) is 18.2 Å². The zero-order chi connectivity index (χ0) is 22.2. The minimum absolute atomic E-state index is 0.00197. The monoisotopic (exact) mass is 430 g/mol. The lowest BCUT2D eigenvalue weighted by atomic mass is 10.1.